The van der Waals surface area contributed by atoms with Crippen molar-refractivity contribution in [2.24, 2.45) is 0 Å². The lowest BCUT2D eigenvalue weighted by molar-refractivity contribution is -0.137. The Labute approximate surface area is 225 Å². The first-order valence-electron chi connectivity index (χ1n) is 11.9. The van der Waals surface area contributed by atoms with Crippen LogP contribution in [0.15, 0.2) is 91.1 Å². The number of benzene rings is 3. The van der Waals surface area contributed by atoms with E-state index in [-0.39, 0.29) is 17.4 Å². The number of amides is 1. The molecule has 1 saturated heterocycles. The van der Waals surface area contributed by atoms with E-state index in [9.17, 15) is 32.6 Å². The molecule has 3 atom stereocenters. The lowest BCUT2D eigenvalue weighted by Gasteiger charge is -2.47. The van der Waals surface area contributed by atoms with Gasteiger partial charge in [-0.05, 0) is 59.7 Å². The summed E-state index contributed by atoms with van der Waals surface area (Å²) in [6.07, 6.45) is -4.58. The molecule has 2 N–H and O–H groups in total. The van der Waals surface area contributed by atoms with Crippen LogP contribution in [0.25, 0.3) is 11.3 Å². The summed E-state index contributed by atoms with van der Waals surface area (Å²) in [5.74, 6) is -0.288. The molecule has 0 unspecified atom stereocenters. The van der Waals surface area contributed by atoms with E-state index in [0.717, 1.165) is 17.8 Å². The number of anilines is 1. The molecule has 10 heteroatoms. The van der Waals surface area contributed by atoms with Gasteiger partial charge in [0, 0.05) is 23.2 Å². The second-order valence-corrected chi connectivity index (χ2v) is 10.2. The van der Waals surface area contributed by atoms with Gasteiger partial charge in [0.15, 0.2) is 0 Å². The average molecular weight is 555 g/mol. The van der Waals surface area contributed by atoms with Crippen molar-refractivity contribution in [3.8, 4) is 17.0 Å². The molecular formula is C29H22F4N2O3S. The molecular weight excluding hydrogens is 532 g/mol. The first kappa shape index (κ1) is 26.7. The van der Waals surface area contributed by atoms with Crippen molar-refractivity contribution in [3.05, 3.63) is 114 Å². The summed E-state index contributed by atoms with van der Waals surface area (Å²) < 4.78 is 51.8. The van der Waals surface area contributed by atoms with Crippen molar-refractivity contribution in [1.29, 1.82) is 0 Å². The van der Waals surface area contributed by atoms with Crippen LogP contribution in [0.2, 0.25) is 0 Å². The number of thioether (sulfide) groups is 1. The van der Waals surface area contributed by atoms with Crippen molar-refractivity contribution >= 4 is 23.4 Å². The van der Waals surface area contributed by atoms with Crippen LogP contribution >= 0.6 is 11.8 Å². The third kappa shape index (κ3) is 5.62. The van der Waals surface area contributed by atoms with E-state index >= 15 is 0 Å². The van der Waals surface area contributed by atoms with E-state index in [1.54, 1.807) is 41.3 Å². The molecule has 0 aliphatic carbocycles. The summed E-state index contributed by atoms with van der Waals surface area (Å²) in [5.41, 5.74) is 2.04. The quantitative estimate of drug-likeness (QED) is 0.201. The second-order valence-electron chi connectivity index (χ2n) is 9.04. The topological polar surface area (TPSA) is 73.7 Å². The van der Waals surface area contributed by atoms with E-state index in [0.29, 0.717) is 22.5 Å². The van der Waals surface area contributed by atoms with Crippen molar-refractivity contribution in [1.82, 2.24) is 4.98 Å². The number of hydrogen-bond acceptors (Lipinski definition) is 5. The summed E-state index contributed by atoms with van der Waals surface area (Å²) in [4.78, 5) is 18.8. The molecule has 1 fully saturated rings. The number of aromatic hydroxyl groups is 1. The number of aliphatic hydroxyl groups excluding tert-OH is 1. The fraction of sp³-hybridized carbons (Fsp3) is 0.172. The zero-order valence-corrected chi connectivity index (χ0v) is 21.0. The SMILES string of the molecule is O=C1[C@H](SC[C@@H](O)c2ccc(F)cc2)[C@@H](c2ccc(O)cc2)N1c1ccc(-c2ccc(C(F)(F)F)cn2)cc1. The number of carbonyl (C=O) groups is 1. The van der Waals surface area contributed by atoms with Crippen molar-refractivity contribution in [3.63, 3.8) is 0 Å². The maximum absolute atomic E-state index is 13.3. The van der Waals surface area contributed by atoms with Gasteiger partial charge in [-0.15, -0.1) is 11.8 Å². The van der Waals surface area contributed by atoms with Gasteiger partial charge in [-0.1, -0.05) is 36.4 Å². The molecule has 1 aromatic heterocycles. The Kier molecular flexibility index (Phi) is 7.33. The predicted molar refractivity (Wildman–Crippen MR) is 141 cm³/mol. The van der Waals surface area contributed by atoms with Gasteiger partial charge in [-0.2, -0.15) is 13.2 Å². The second kappa shape index (κ2) is 10.7. The normalized spacial score (nSPS) is 18.1. The monoisotopic (exact) mass is 554 g/mol. The van der Waals surface area contributed by atoms with Gasteiger partial charge in [0.1, 0.15) is 16.8 Å². The number of aromatic nitrogens is 1. The highest BCUT2D eigenvalue weighted by Crippen LogP contribution is 2.46. The maximum atomic E-state index is 13.3. The number of pyridine rings is 1. The molecule has 0 saturated carbocycles. The van der Waals surface area contributed by atoms with Crippen LogP contribution in [0, 0.1) is 5.82 Å². The molecule has 5 rings (SSSR count). The Morgan fingerprint density at radius 2 is 1.59 bits per heavy atom. The minimum absolute atomic E-state index is 0.0836. The highest BCUT2D eigenvalue weighted by Gasteiger charge is 2.49. The number of aliphatic hydroxyl groups is 1. The summed E-state index contributed by atoms with van der Waals surface area (Å²) in [5, 5.41) is 19.8. The van der Waals surface area contributed by atoms with Gasteiger partial charge < -0.3 is 15.1 Å². The van der Waals surface area contributed by atoms with Gasteiger partial charge in [-0.3, -0.25) is 9.78 Å². The van der Waals surface area contributed by atoms with Crippen molar-refractivity contribution in [2.75, 3.05) is 10.7 Å². The van der Waals surface area contributed by atoms with Crippen LogP contribution in [0.1, 0.15) is 28.8 Å². The van der Waals surface area contributed by atoms with Crippen molar-refractivity contribution < 1.29 is 32.6 Å². The van der Waals surface area contributed by atoms with E-state index in [2.05, 4.69) is 4.98 Å². The Bertz CT molecular complexity index is 1440. The van der Waals surface area contributed by atoms with Crippen LogP contribution in [0.5, 0.6) is 5.75 Å². The number of nitrogens with zero attached hydrogens (tertiary/aromatic N) is 2. The highest BCUT2D eigenvalue weighted by atomic mass is 32.2. The average Bonchev–Trinajstić information content (AvgIpc) is 2.92. The van der Waals surface area contributed by atoms with Crippen LogP contribution in [0.3, 0.4) is 0 Å². The van der Waals surface area contributed by atoms with Crippen molar-refractivity contribution in [2.45, 2.75) is 23.6 Å². The first-order valence-corrected chi connectivity index (χ1v) is 13.0. The van der Waals surface area contributed by atoms with E-state index in [4.69, 9.17) is 0 Å². The van der Waals surface area contributed by atoms with Crippen LogP contribution < -0.4 is 4.90 Å². The molecule has 1 amide bonds. The largest absolute Gasteiger partial charge is 0.508 e. The molecule has 0 spiro atoms. The van der Waals surface area contributed by atoms with Gasteiger partial charge in [0.05, 0.1) is 23.4 Å². The van der Waals surface area contributed by atoms with Crippen LogP contribution in [-0.4, -0.2) is 32.1 Å². The van der Waals surface area contributed by atoms with E-state index in [1.165, 1.54) is 54.2 Å². The zero-order chi connectivity index (χ0) is 27.7. The molecule has 200 valence electrons. The van der Waals surface area contributed by atoms with E-state index < -0.39 is 35.0 Å². The fourth-order valence-corrected chi connectivity index (χ4v) is 5.71. The zero-order valence-electron chi connectivity index (χ0n) is 20.2. The number of carbonyl (C=O) groups excluding carboxylic acids is 1. The van der Waals surface area contributed by atoms with Gasteiger partial charge in [0.25, 0.3) is 0 Å². The lowest BCUT2D eigenvalue weighted by Crippen LogP contribution is -2.57. The standard InChI is InChI=1S/C29H22F4N2O3S/c30-21-8-1-18(2-9-21)25(37)16-39-27-26(19-5-12-23(36)13-6-19)35(28(27)38)22-10-3-17(4-11-22)24-14-7-20(15-34-24)29(31,32)33/h1-15,25-27,36-37H,16H2/t25-,26-,27-/m1/s1. The Morgan fingerprint density at radius 3 is 2.18 bits per heavy atom. The first-order chi connectivity index (χ1) is 18.6. The Morgan fingerprint density at radius 1 is 0.923 bits per heavy atom. The van der Waals surface area contributed by atoms with Gasteiger partial charge >= 0.3 is 6.18 Å². The minimum Gasteiger partial charge on any atom is -0.508 e. The molecule has 1 aliphatic rings. The third-order valence-electron chi connectivity index (χ3n) is 6.50. The molecule has 3 aromatic carbocycles. The summed E-state index contributed by atoms with van der Waals surface area (Å²) in [6, 6.07) is 20.7. The van der Waals surface area contributed by atoms with Gasteiger partial charge in [-0.25, -0.2) is 4.39 Å². The summed E-state index contributed by atoms with van der Waals surface area (Å²) >= 11 is 1.29. The van der Waals surface area contributed by atoms with Crippen LogP contribution in [-0.2, 0) is 11.0 Å². The Hall–Kier alpha value is -3.89. The number of β-lactam (4-membered cyclic amide) rings is 1. The summed E-state index contributed by atoms with van der Waals surface area (Å²) in [6.45, 7) is 0. The fourth-order valence-electron chi connectivity index (χ4n) is 4.41. The number of phenolic OH excluding ortho intramolecular Hbond substituents is 1. The number of alkyl halides is 3. The number of phenols is 1. The van der Waals surface area contributed by atoms with E-state index in [1.807, 2.05) is 0 Å². The number of hydrogen-bond donors (Lipinski definition) is 2. The highest BCUT2D eigenvalue weighted by molar-refractivity contribution is 8.00. The number of rotatable bonds is 7. The predicted octanol–water partition coefficient (Wildman–Crippen LogP) is 6.54. The molecule has 2 heterocycles. The van der Waals surface area contributed by atoms with Crippen LogP contribution in [0.4, 0.5) is 23.2 Å². The maximum Gasteiger partial charge on any atom is 0.417 e. The third-order valence-corrected chi connectivity index (χ3v) is 7.83. The molecule has 5 nitrogen and oxygen atoms in total. The lowest BCUT2D eigenvalue weighted by atomic mass is 9.92. The molecule has 0 radical (unpaired) electrons. The molecule has 0 bridgehead atoms. The Balaban J connectivity index is 1.35. The van der Waals surface area contributed by atoms with Gasteiger partial charge in [0.2, 0.25) is 5.91 Å². The molecule has 39 heavy (non-hydrogen) atoms. The summed E-state index contributed by atoms with van der Waals surface area (Å²) in [7, 11) is 0. The number of halogens is 4. The smallest absolute Gasteiger partial charge is 0.417 e. The minimum atomic E-state index is -4.47. The molecule has 4 aromatic rings. The molecule has 1 aliphatic heterocycles.